The monoisotopic (exact) mass is 366 g/mol. The van der Waals surface area contributed by atoms with Gasteiger partial charge in [-0.2, -0.15) is 0 Å². The van der Waals surface area contributed by atoms with E-state index >= 15 is 0 Å². The van der Waals surface area contributed by atoms with Gasteiger partial charge in [-0.1, -0.05) is 12.1 Å². The molecule has 5 nitrogen and oxygen atoms in total. The van der Waals surface area contributed by atoms with Crippen molar-refractivity contribution in [2.75, 3.05) is 11.9 Å². The lowest BCUT2D eigenvalue weighted by Gasteiger charge is -2.10. The third-order valence-corrected chi connectivity index (χ3v) is 3.95. The molecule has 0 spiro atoms. The number of halogens is 1. The molecule has 0 fully saturated rings. The van der Waals surface area contributed by atoms with Crippen LogP contribution in [0.2, 0.25) is 0 Å². The van der Waals surface area contributed by atoms with Gasteiger partial charge in [0.2, 0.25) is 0 Å². The minimum absolute atomic E-state index is 0.0356. The van der Waals surface area contributed by atoms with Crippen molar-refractivity contribution >= 4 is 11.6 Å². The van der Waals surface area contributed by atoms with Crippen molar-refractivity contribution < 1.29 is 13.9 Å². The van der Waals surface area contributed by atoms with E-state index in [1.165, 1.54) is 22.8 Å². The average Bonchev–Trinajstić information content (AvgIpc) is 2.67. The molecule has 3 aromatic rings. The number of amides is 1. The van der Waals surface area contributed by atoms with Crippen LogP contribution in [0.3, 0.4) is 0 Å². The maximum atomic E-state index is 13.0. The van der Waals surface area contributed by atoms with Gasteiger partial charge in [0.15, 0.2) is 0 Å². The minimum atomic E-state index is -0.488. The Bertz CT molecular complexity index is 980. The van der Waals surface area contributed by atoms with Crippen LogP contribution in [-0.2, 0) is 6.54 Å². The van der Waals surface area contributed by atoms with Crippen LogP contribution >= 0.6 is 0 Å². The molecule has 1 heterocycles. The molecular weight excluding hydrogens is 347 g/mol. The number of hydrogen-bond donors (Lipinski definition) is 1. The number of carbonyl (C=O) groups excluding carboxylic acids is 1. The summed E-state index contributed by atoms with van der Waals surface area (Å²) in [6.45, 7) is 2.70. The second kappa shape index (κ2) is 8.31. The van der Waals surface area contributed by atoms with Crippen LogP contribution in [0.4, 0.5) is 10.1 Å². The number of ether oxygens (including phenoxy) is 1. The third-order valence-electron chi connectivity index (χ3n) is 3.95. The standard InChI is InChI=1S/C21H19FN2O3/c1-2-27-18-11-9-17(10-12-18)23-20(25)19-4-3-13-24(21(19)26)14-15-5-7-16(22)8-6-15/h3-13H,2,14H2,1H3,(H,23,25). The molecule has 3 rings (SSSR count). The highest BCUT2D eigenvalue weighted by atomic mass is 19.1. The number of rotatable bonds is 6. The molecule has 138 valence electrons. The molecule has 0 radical (unpaired) electrons. The van der Waals surface area contributed by atoms with Crippen LogP contribution in [0.15, 0.2) is 71.7 Å². The smallest absolute Gasteiger partial charge is 0.263 e. The first kappa shape index (κ1) is 18.4. The maximum absolute atomic E-state index is 13.0. The highest BCUT2D eigenvalue weighted by molar-refractivity contribution is 6.04. The zero-order chi connectivity index (χ0) is 19.2. The molecule has 1 amide bonds. The largest absolute Gasteiger partial charge is 0.494 e. The Balaban J connectivity index is 1.77. The number of benzene rings is 2. The van der Waals surface area contributed by atoms with Gasteiger partial charge in [0.05, 0.1) is 13.2 Å². The van der Waals surface area contributed by atoms with E-state index in [0.29, 0.717) is 18.0 Å². The summed E-state index contributed by atoms with van der Waals surface area (Å²) >= 11 is 0. The molecule has 6 heteroatoms. The zero-order valence-corrected chi connectivity index (χ0v) is 14.8. The van der Waals surface area contributed by atoms with Gasteiger partial charge in [-0.15, -0.1) is 0 Å². The molecule has 0 saturated carbocycles. The van der Waals surface area contributed by atoms with Gasteiger partial charge in [-0.3, -0.25) is 9.59 Å². The highest BCUT2D eigenvalue weighted by Gasteiger charge is 2.13. The van der Waals surface area contributed by atoms with E-state index in [0.717, 1.165) is 5.56 Å². The summed E-state index contributed by atoms with van der Waals surface area (Å²) < 4.78 is 19.8. The molecule has 0 bridgehead atoms. The van der Waals surface area contributed by atoms with E-state index in [-0.39, 0.29) is 17.9 Å². The first-order valence-corrected chi connectivity index (χ1v) is 8.55. The fourth-order valence-electron chi connectivity index (χ4n) is 2.62. The van der Waals surface area contributed by atoms with Crippen molar-refractivity contribution in [3.05, 3.63) is 94.2 Å². The molecule has 0 aliphatic rings. The Morgan fingerprint density at radius 1 is 1.07 bits per heavy atom. The van der Waals surface area contributed by atoms with Gasteiger partial charge in [-0.05, 0) is 61.0 Å². The minimum Gasteiger partial charge on any atom is -0.494 e. The van der Waals surface area contributed by atoms with E-state index in [9.17, 15) is 14.0 Å². The predicted octanol–water partition coefficient (Wildman–Crippen LogP) is 3.69. The molecule has 1 aromatic heterocycles. The lowest BCUT2D eigenvalue weighted by atomic mass is 10.2. The van der Waals surface area contributed by atoms with Gasteiger partial charge >= 0.3 is 0 Å². The Labute approximate surface area is 156 Å². The summed E-state index contributed by atoms with van der Waals surface area (Å²) in [4.78, 5) is 25.1. The molecule has 0 aliphatic carbocycles. The molecule has 27 heavy (non-hydrogen) atoms. The lowest BCUT2D eigenvalue weighted by molar-refractivity contribution is 0.102. The Morgan fingerprint density at radius 2 is 1.78 bits per heavy atom. The number of nitrogens with one attached hydrogen (secondary N) is 1. The van der Waals surface area contributed by atoms with Crippen LogP contribution in [0.1, 0.15) is 22.8 Å². The molecule has 1 N–H and O–H groups in total. The van der Waals surface area contributed by atoms with E-state index < -0.39 is 11.5 Å². The summed E-state index contributed by atoms with van der Waals surface area (Å²) in [5, 5.41) is 2.71. The zero-order valence-electron chi connectivity index (χ0n) is 14.8. The van der Waals surface area contributed by atoms with Crippen molar-refractivity contribution in [2.24, 2.45) is 0 Å². The van der Waals surface area contributed by atoms with Crippen molar-refractivity contribution in [2.45, 2.75) is 13.5 Å². The summed E-state index contributed by atoms with van der Waals surface area (Å²) in [7, 11) is 0. The average molecular weight is 366 g/mol. The first-order valence-electron chi connectivity index (χ1n) is 8.55. The number of pyridine rings is 1. The van der Waals surface area contributed by atoms with Crippen LogP contribution in [0.5, 0.6) is 5.75 Å². The Kier molecular flexibility index (Phi) is 5.66. The van der Waals surface area contributed by atoms with Crippen LogP contribution in [-0.4, -0.2) is 17.1 Å². The number of hydrogen-bond acceptors (Lipinski definition) is 3. The molecule has 0 aliphatic heterocycles. The van der Waals surface area contributed by atoms with Crippen molar-refractivity contribution in [1.29, 1.82) is 0 Å². The predicted molar refractivity (Wildman–Crippen MR) is 102 cm³/mol. The van der Waals surface area contributed by atoms with E-state index in [1.807, 2.05) is 6.92 Å². The number of nitrogens with zero attached hydrogens (tertiary/aromatic N) is 1. The Morgan fingerprint density at radius 3 is 2.44 bits per heavy atom. The highest BCUT2D eigenvalue weighted by Crippen LogP contribution is 2.16. The summed E-state index contributed by atoms with van der Waals surface area (Å²) in [6.07, 6.45) is 1.60. The fraction of sp³-hybridized carbons (Fsp3) is 0.143. The summed E-state index contributed by atoms with van der Waals surface area (Å²) in [5.41, 5.74) is 0.957. The summed E-state index contributed by atoms with van der Waals surface area (Å²) in [6, 6.07) is 15.9. The molecule has 0 atom stereocenters. The lowest BCUT2D eigenvalue weighted by Crippen LogP contribution is -2.29. The SMILES string of the molecule is CCOc1ccc(NC(=O)c2cccn(Cc3ccc(F)cc3)c2=O)cc1. The summed E-state index contributed by atoms with van der Waals surface area (Å²) in [5.74, 6) is -0.121. The topological polar surface area (TPSA) is 60.3 Å². The maximum Gasteiger partial charge on any atom is 0.263 e. The number of aromatic nitrogens is 1. The second-order valence-electron chi connectivity index (χ2n) is 5.89. The van der Waals surface area contributed by atoms with E-state index in [1.54, 1.807) is 48.7 Å². The first-order chi connectivity index (χ1) is 13.1. The number of anilines is 1. The van der Waals surface area contributed by atoms with Gasteiger partial charge in [-0.25, -0.2) is 4.39 Å². The third kappa shape index (κ3) is 4.61. The van der Waals surface area contributed by atoms with Crippen LogP contribution < -0.4 is 15.6 Å². The molecule has 0 unspecified atom stereocenters. The van der Waals surface area contributed by atoms with Crippen molar-refractivity contribution in [1.82, 2.24) is 4.57 Å². The van der Waals surface area contributed by atoms with Gasteiger partial charge in [0.1, 0.15) is 17.1 Å². The molecule has 0 saturated heterocycles. The van der Waals surface area contributed by atoms with E-state index in [4.69, 9.17) is 4.74 Å². The molecular formula is C21H19FN2O3. The Hall–Kier alpha value is -3.41. The van der Waals surface area contributed by atoms with Gasteiger partial charge < -0.3 is 14.6 Å². The van der Waals surface area contributed by atoms with Gasteiger partial charge in [0.25, 0.3) is 11.5 Å². The van der Waals surface area contributed by atoms with Crippen LogP contribution in [0, 0.1) is 5.82 Å². The number of carbonyl (C=O) groups is 1. The van der Waals surface area contributed by atoms with Crippen molar-refractivity contribution in [3.63, 3.8) is 0 Å². The quantitative estimate of drug-likeness (QED) is 0.724. The van der Waals surface area contributed by atoms with Crippen LogP contribution in [0.25, 0.3) is 0 Å². The fourth-order valence-corrected chi connectivity index (χ4v) is 2.62. The molecule has 2 aromatic carbocycles. The van der Waals surface area contributed by atoms with Crippen molar-refractivity contribution in [3.8, 4) is 5.75 Å². The normalized spacial score (nSPS) is 10.4. The van der Waals surface area contributed by atoms with Gasteiger partial charge in [0, 0.05) is 11.9 Å². The second-order valence-corrected chi connectivity index (χ2v) is 5.89. The van der Waals surface area contributed by atoms with E-state index in [2.05, 4.69) is 5.32 Å².